The van der Waals surface area contributed by atoms with Crippen LogP contribution in [-0.2, 0) is 4.79 Å². The number of furan rings is 1. The second kappa shape index (κ2) is 6.17. The zero-order valence-electron chi connectivity index (χ0n) is 12.4. The number of amides is 1. The van der Waals surface area contributed by atoms with Crippen molar-refractivity contribution in [2.24, 2.45) is 0 Å². The minimum atomic E-state index is -0.199. The molecule has 5 nitrogen and oxygen atoms in total. The highest BCUT2D eigenvalue weighted by molar-refractivity contribution is 9.10. The van der Waals surface area contributed by atoms with Gasteiger partial charge in [-0.05, 0) is 58.5 Å². The van der Waals surface area contributed by atoms with E-state index >= 15 is 0 Å². The highest BCUT2D eigenvalue weighted by Gasteiger charge is 2.37. The van der Waals surface area contributed by atoms with Gasteiger partial charge in [0.15, 0.2) is 5.11 Å². The van der Waals surface area contributed by atoms with Crippen LogP contribution >= 0.6 is 28.1 Å². The summed E-state index contributed by atoms with van der Waals surface area (Å²) in [4.78, 5) is 15.9. The summed E-state index contributed by atoms with van der Waals surface area (Å²) in [5, 5.41) is 0.414. The zero-order valence-corrected chi connectivity index (χ0v) is 14.8. The highest BCUT2D eigenvalue weighted by Crippen LogP contribution is 2.29. The van der Waals surface area contributed by atoms with E-state index in [2.05, 4.69) is 15.9 Å². The maximum atomic E-state index is 12.7. The zero-order chi connectivity index (χ0) is 16.6. The topological polar surface area (TPSA) is 45.9 Å². The lowest BCUT2D eigenvalue weighted by Gasteiger charge is -2.16. The van der Waals surface area contributed by atoms with Crippen LogP contribution in [0.1, 0.15) is 5.76 Å². The number of hydrogen-bond donors (Lipinski definition) is 0. The average molecular weight is 393 g/mol. The minimum Gasteiger partial charge on any atom is -0.497 e. The molecule has 1 aliphatic heterocycles. The van der Waals surface area contributed by atoms with E-state index in [1.165, 1.54) is 4.90 Å². The van der Waals surface area contributed by atoms with E-state index in [9.17, 15) is 4.79 Å². The molecule has 0 unspecified atom stereocenters. The van der Waals surface area contributed by atoms with Crippen LogP contribution in [0.15, 0.2) is 51.2 Å². The molecule has 2 aromatic rings. The van der Waals surface area contributed by atoms with E-state index < -0.39 is 0 Å². The van der Waals surface area contributed by atoms with Crippen LogP contribution in [0.4, 0.5) is 5.69 Å². The number of methoxy groups -OCH3 is 1. The lowest BCUT2D eigenvalue weighted by atomic mass is 10.2. The van der Waals surface area contributed by atoms with E-state index in [1.807, 2.05) is 0 Å². The van der Waals surface area contributed by atoms with Gasteiger partial charge in [-0.15, -0.1) is 0 Å². The van der Waals surface area contributed by atoms with Crippen molar-refractivity contribution in [3.8, 4) is 5.75 Å². The van der Waals surface area contributed by atoms with Gasteiger partial charge in [-0.25, -0.2) is 0 Å². The number of rotatable bonds is 3. The third kappa shape index (κ3) is 2.89. The quantitative estimate of drug-likeness (QED) is 0.589. The highest BCUT2D eigenvalue weighted by atomic mass is 79.9. The summed E-state index contributed by atoms with van der Waals surface area (Å²) in [7, 11) is 3.35. The third-order valence-electron chi connectivity index (χ3n) is 3.46. The molecular formula is C16H13BrN2O3S. The first-order chi connectivity index (χ1) is 11.0. The van der Waals surface area contributed by atoms with Crippen molar-refractivity contribution >= 4 is 50.9 Å². The first-order valence-electron chi connectivity index (χ1n) is 6.73. The normalized spacial score (nSPS) is 16.6. The molecule has 1 aromatic carbocycles. The molecule has 1 amide bonds. The molecule has 1 fully saturated rings. The lowest BCUT2D eigenvalue weighted by Crippen LogP contribution is -2.31. The van der Waals surface area contributed by atoms with Gasteiger partial charge >= 0.3 is 0 Å². The van der Waals surface area contributed by atoms with E-state index in [0.29, 0.717) is 22.3 Å². The maximum absolute atomic E-state index is 12.7. The molecule has 1 saturated heterocycles. The number of nitrogens with zero attached hydrogens (tertiary/aromatic N) is 2. The number of likely N-dealkylation sites (N-methyl/N-ethyl adjacent to an activating group) is 1. The number of hydrogen-bond acceptors (Lipinski definition) is 4. The van der Waals surface area contributed by atoms with Crippen LogP contribution in [0.3, 0.4) is 0 Å². The number of ether oxygens (including phenoxy) is 1. The molecule has 0 radical (unpaired) electrons. The van der Waals surface area contributed by atoms with Crippen LogP contribution < -0.4 is 9.64 Å². The number of carbonyl (C=O) groups excluding carboxylic acids is 1. The molecule has 0 atom stereocenters. The fourth-order valence-electron chi connectivity index (χ4n) is 2.25. The molecule has 7 heteroatoms. The Kier molecular flexibility index (Phi) is 4.23. The first kappa shape index (κ1) is 15.8. The van der Waals surface area contributed by atoms with Crippen molar-refractivity contribution < 1.29 is 13.9 Å². The van der Waals surface area contributed by atoms with Crippen LogP contribution in [0.25, 0.3) is 6.08 Å². The molecule has 0 aliphatic carbocycles. The molecular weight excluding hydrogens is 380 g/mol. The second-order valence-corrected chi connectivity index (χ2v) is 6.16. The Hall–Kier alpha value is -2.12. The largest absolute Gasteiger partial charge is 0.497 e. The van der Waals surface area contributed by atoms with Gasteiger partial charge in [0.2, 0.25) is 0 Å². The van der Waals surface area contributed by atoms with Gasteiger partial charge in [0.05, 0.1) is 17.3 Å². The molecule has 0 saturated carbocycles. The summed E-state index contributed by atoms with van der Waals surface area (Å²) in [6.45, 7) is 0. The molecule has 0 bridgehead atoms. The summed E-state index contributed by atoms with van der Waals surface area (Å²) in [5.41, 5.74) is 1.14. The molecule has 118 valence electrons. The summed E-state index contributed by atoms with van der Waals surface area (Å²) < 4.78 is 11.3. The summed E-state index contributed by atoms with van der Waals surface area (Å²) >= 11 is 8.72. The smallest absolute Gasteiger partial charge is 0.281 e. The average Bonchev–Trinajstić information content (AvgIpc) is 3.05. The van der Waals surface area contributed by atoms with Gasteiger partial charge in [0.1, 0.15) is 23.5 Å². The summed E-state index contributed by atoms with van der Waals surface area (Å²) in [6.07, 6.45) is 3.23. The van der Waals surface area contributed by atoms with Gasteiger partial charge in [-0.3, -0.25) is 9.69 Å². The van der Waals surface area contributed by atoms with Gasteiger partial charge in [-0.2, -0.15) is 0 Å². The van der Waals surface area contributed by atoms with Crippen molar-refractivity contribution in [3.63, 3.8) is 0 Å². The number of halogens is 1. The van der Waals surface area contributed by atoms with Gasteiger partial charge < -0.3 is 14.1 Å². The monoisotopic (exact) mass is 392 g/mol. The van der Waals surface area contributed by atoms with E-state index in [0.717, 1.165) is 10.2 Å². The fraction of sp³-hybridized carbons (Fsp3) is 0.125. The Morgan fingerprint density at radius 3 is 2.57 bits per heavy atom. The molecule has 0 spiro atoms. The minimum absolute atomic E-state index is 0.199. The number of benzene rings is 1. The Morgan fingerprint density at radius 2 is 2.00 bits per heavy atom. The van der Waals surface area contributed by atoms with Gasteiger partial charge in [-0.1, -0.05) is 0 Å². The number of thiocarbonyl (C=S) groups is 1. The molecule has 0 N–H and O–H groups in total. The summed E-state index contributed by atoms with van der Waals surface area (Å²) in [6, 6.07) is 8.95. The predicted octanol–water partition coefficient (Wildman–Crippen LogP) is 3.66. The third-order valence-corrected chi connectivity index (χ3v) is 4.33. The second-order valence-electron chi connectivity index (χ2n) is 4.88. The fourth-order valence-corrected chi connectivity index (χ4v) is 2.86. The number of anilines is 1. The molecule has 3 rings (SSSR count). The van der Waals surface area contributed by atoms with Crippen LogP contribution in [-0.4, -0.2) is 30.1 Å². The van der Waals surface area contributed by atoms with Crippen molar-refractivity contribution in [3.05, 3.63) is 52.5 Å². The Bertz CT molecular complexity index is 798. The lowest BCUT2D eigenvalue weighted by molar-refractivity contribution is -0.114. The van der Waals surface area contributed by atoms with Gasteiger partial charge in [0.25, 0.3) is 5.91 Å². The van der Waals surface area contributed by atoms with Crippen LogP contribution in [0.2, 0.25) is 0 Å². The standard InChI is InChI=1S/C16H13BrN2O3S/c1-18-14(8-13-7-10(17)9-22-13)15(20)19(16(18)23)11-3-5-12(21-2)6-4-11/h3-9H,1-2H3/b14-8+. The molecule has 2 heterocycles. The molecule has 1 aliphatic rings. The van der Waals surface area contributed by atoms with Crippen molar-refractivity contribution in [1.82, 2.24) is 4.90 Å². The predicted molar refractivity (Wildman–Crippen MR) is 95.2 cm³/mol. The number of carbonyl (C=O) groups is 1. The van der Waals surface area contributed by atoms with E-state index in [-0.39, 0.29) is 5.91 Å². The van der Waals surface area contributed by atoms with Crippen molar-refractivity contribution in [2.45, 2.75) is 0 Å². The van der Waals surface area contributed by atoms with Gasteiger partial charge in [0, 0.05) is 13.1 Å². The molecule has 23 heavy (non-hydrogen) atoms. The Morgan fingerprint density at radius 1 is 1.30 bits per heavy atom. The van der Waals surface area contributed by atoms with Crippen molar-refractivity contribution in [2.75, 3.05) is 19.1 Å². The SMILES string of the molecule is COc1ccc(N2C(=O)/C(=C\c3cc(Br)co3)N(C)C2=S)cc1. The Labute approximate surface area is 147 Å². The Balaban J connectivity index is 1.95. The summed E-state index contributed by atoms with van der Waals surface area (Å²) in [5.74, 6) is 1.09. The maximum Gasteiger partial charge on any atom is 0.281 e. The molecule has 1 aromatic heterocycles. The van der Waals surface area contributed by atoms with Crippen LogP contribution in [0.5, 0.6) is 5.75 Å². The van der Waals surface area contributed by atoms with E-state index in [1.54, 1.807) is 61.7 Å². The van der Waals surface area contributed by atoms with Crippen molar-refractivity contribution in [1.29, 1.82) is 0 Å². The van der Waals surface area contributed by atoms with Crippen LogP contribution in [0, 0.1) is 0 Å². The van der Waals surface area contributed by atoms with E-state index in [4.69, 9.17) is 21.4 Å². The first-order valence-corrected chi connectivity index (χ1v) is 7.93.